The molecular formula is C21H22N2O5. The normalized spacial score (nSPS) is 14.7. The highest BCUT2D eigenvalue weighted by molar-refractivity contribution is 5.97. The van der Waals surface area contributed by atoms with Gasteiger partial charge in [-0.15, -0.1) is 0 Å². The summed E-state index contributed by atoms with van der Waals surface area (Å²) in [5.41, 5.74) is 4.26. The number of carboxylic acids is 1. The second-order valence-electron chi connectivity index (χ2n) is 6.82. The van der Waals surface area contributed by atoms with Crippen molar-refractivity contribution < 1.29 is 24.2 Å². The lowest BCUT2D eigenvalue weighted by Crippen LogP contribution is -2.31. The van der Waals surface area contributed by atoms with Crippen LogP contribution >= 0.6 is 0 Å². The Morgan fingerprint density at radius 2 is 1.79 bits per heavy atom. The Morgan fingerprint density at radius 3 is 2.46 bits per heavy atom. The van der Waals surface area contributed by atoms with E-state index in [4.69, 9.17) is 9.84 Å². The monoisotopic (exact) mass is 382 g/mol. The number of aryl methyl sites for hydroxylation is 2. The third-order valence-corrected chi connectivity index (χ3v) is 4.68. The van der Waals surface area contributed by atoms with E-state index >= 15 is 0 Å². The van der Waals surface area contributed by atoms with Crippen LogP contribution in [-0.4, -0.2) is 35.5 Å². The fraction of sp³-hybridized carbons (Fsp3) is 0.286. The quantitative estimate of drug-likeness (QED) is 0.712. The number of anilines is 1. The smallest absolute Gasteiger partial charge is 0.305 e. The highest BCUT2D eigenvalue weighted by Gasteiger charge is 2.29. The van der Waals surface area contributed by atoms with Crippen LogP contribution in [0, 0.1) is 13.8 Å². The Kier molecular flexibility index (Phi) is 5.63. The summed E-state index contributed by atoms with van der Waals surface area (Å²) in [6, 6.07) is 10.4. The molecule has 3 rings (SSSR count). The first-order chi connectivity index (χ1) is 13.3. The molecule has 1 unspecified atom stereocenters. The molecule has 1 aliphatic rings. The van der Waals surface area contributed by atoms with Gasteiger partial charge in [-0.05, 0) is 60.9 Å². The summed E-state index contributed by atoms with van der Waals surface area (Å²) < 4.78 is 5.78. The van der Waals surface area contributed by atoms with Crippen molar-refractivity contribution in [3.05, 3.63) is 58.7 Å². The number of carbonyl (C=O) groups is 3. The average molecular weight is 382 g/mol. The van der Waals surface area contributed by atoms with E-state index in [0.29, 0.717) is 17.7 Å². The minimum absolute atomic E-state index is 0.0607. The van der Waals surface area contributed by atoms with Gasteiger partial charge in [0.2, 0.25) is 0 Å². The maximum absolute atomic E-state index is 12.5. The average Bonchev–Trinajstić information content (AvgIpc) is 3.05. The van der Waals surface area contributed by atoms with Crippen LogP contribution in [0.5, 0.6) is 5.75 Å². The number of nitrogens with one attached hydrogen (secondary N) is 2. The Balaban J connectivity index is 1.56. The van der Waals surface area contributed by atoms with E-state index in [9.17, 15) is 14.4 Å². The first-order valence-electron chi connectivity index (χ1n) is 9.01. The van der Waals surface area contributed by atoms with Gasteiger partial charge in [-0.1, -0.05) is 6.07 Å². The van der Waals surface area contributed by atoms with E-state index in [1.807, 2.05) is 19.9 Å². The van der Waals surface area contributed by atoms with E-state index in [2.05, 4.69) is 16.7 Å². The fourth-order valence-corrected chi connectivity index (χ4v) is 2.97. The Bertz CT molecular complexity index is 890. The Hall–Kier alpha value is -3.35. The molecule has 0 spiro atoms. The first kappa shape index (κ1) is 19.4. The predicted molar refractivity (Wildman–Crippen MR) is 104 cm³/mol. The molecule has 0 fully saturated rings. The molecular weight excluding hydrogens is 360 g/mol. The number of ether oxygens (including phenoxy) is 1. The van der Waals surface area contributed by atoms with Crippen LogP contribution in [0.25, 0.3) is 0 Å². The van der Waals surface area contributed by atoms with E-state index < -0.39 is 12.1 Å². The topological polar surface area (TPSA) is 105 Å². The first-order valence-corrected chi connectivity index (χ1v) is 9.01. The zero-order valence-corrected chi connectivity index (χ0v) is 15.7. The molecule has 2 aromatic carbocycles. The highest BCUT2D eigenvalue weighted by atomic mass is 16.5. The number of amides is 2. The van der Waals surface area contributed by atoms with Gasteiger partial charge in [-0.25, -0.2) is 0 Å². The van der Waals surface area contributed by atoms with E-state index in [-0.39, 0.29) is 24.8 Å². The Labute approximate surface area is 162 Å². The molecule has 1 heterocycles. The summed E-state index contributed by atoms with van der Waals surface area (Å²) in [5, 5.41) is 13.9. The Morgan fingerprint density at radius 1 is 1.11 bits per heavy atom. The van der Waals surface area contributed by atoms with Crippen molar-refractivity contribution in [3.8, 4) is 5.75 Å². The largest absolute Gasteiger partial charge is 0.481 e. The van der Waals surface area contributed by atoms with Crippen LogP contribution in [0.3, 0.4) is 0 Å². The molecule has 2 amide bonds. The summed E-state index contributed by atoms with van der Waals surface area (Å²) in [5.74, 6) is -0.832. The molecule has 1 aliphatic heterocycles. The van der Waals surface area contributed by atoms with Gasteiger partial charge in [0.15, 0.2) is 6.10 Å². The number of hydrogen-bond acceptors (Lipinski definition) is 4. The molecule has 1 atom stereocenters. The summed E-state index contributed by atoms with van der Waals surface area (Å²) >= 11 is 0. The van der Waals surface area contributed by atoms with Gasteiger partial charge in [-0.3, -0.25) is 14.4 Å². The zero-order chi connectivity index (χ0) is 20.3. The fourth-order valence-electron chi connectivity index (χ4n) is 2.97. The molecule has 7 nitrogen and oxygen atoms in total. The minimum Gasteiger partial charge on any atom is -0.481 e. The van der Waals surface area contributed by atoms with Gasteiger partial charge in [0.25, 0.3) is 11.8 Å². The lowest BCUT2D eigenvalue weighted by atomic mass is 10.0. The minimum atomic E-state index is -0.972. The molecule has 0 radical (unpaired) electrons. The van der Waals surface area contributed by atoms with E-state index in [0.717, 1.165) is 16.9 Å². The van der Waals surface area contributed by atoms with Crippen LogP contribution in [0.4, 0.5) is 5.69 Å². The van der Waals surface area contributed by atoms with Gasteiger partial charge >= 0.3 is 5.97 Å². The second-order valence-corrected chi connectivity index (χ2v) is 6.82. The predicted octanol–water partition coefficient (Wildman–Crippen LogP) is 2.45. The number of carboxylic acid groups (broad SMARTS) is 1. The van der Waals surface area contributed by atoms with Gasteiger partial charge in [-0.2, -0.15) is 0 Å². The van der Waals surface area contributed by atoms with Crippen LogP contribution in [-0.2, 0) is 16.0 Å². The van der Waals surface area contributed by atoms with Crippen LogP contribution in [0.15, 0.2) is 36.4 Å². The molecule has 3 N–H and O–H groups in total. The van der Waals surface area contributed by atoms with Crippen molar-refractivity contribution in [3.63, 3.8) is 0 Å². The standard InChI is InChI=1S/C21H22N2O5/c1-12-9-15-11-18(28-17(15)10-13(12)2)21(27)23-16-5-3-14(4-6-16)20(26)22-8-7-19(24)25/h3-6,9-10,18H,7-8,11H2,1-2H3,(H,22,26)(H,23,27)(H,24,25). The second kappa shape index (κ2) is 8.12. The maximum atomic E-state index is 12.5. The number of carbonyl (C=O) groups excluding carboxylic acids is 2. The number of rotatable bonds is 6. The van der Waals surface area contributed by atoms with E-state index in [1.54, 1.807) is 24.3 Å². The zero-order valence-electron chi connectivity index (χ0n) is 15.7. The van der Waals surface area contributed by atoms with Crippen molar-refractivity contribution in [2.75, 3.05) is 11.9 Å². The number of benzene rings is 2. The SMILES string of the molecule is Cc1cc2c(cc1C)OC(C(=O)Nc1ccc(C(=O)NCCC(=O)O)cc1)C2. The van der Waals surface area contributed by atoms with Crippen molar-refractivity contribution in [2.24, 2.45) is 0 Å². The number of hydrogen-bond donors (Lipinski definition) is 3. The summed E-state index contributed by atoms with van der Waals surface area (Å²) in [6.07, 6.45) is -0.204. The molecule has 0 saturated carbocycles. The molecule has 0 aliphatic carbocycles. The van der Waals surface area contributed by atoms with Gasteiger partial charge < -0.3 is 20.5 Å². The molecule has 146 valence electrons. The van der Waals surface area contributed by atoms with E-state index in [1.165, 1.54) is 5.56 Å². The lowest BCUT2D eigenvalue weighted by Gasteiger charge is -2.12. The van der Waals surface area contributed by atoms with Gasteiger partial charge in [0, 0.05) is 24.2 Å². The summed E-state index contributed by atoms with van der Waals surface area (Å²) in [6.45, 7) is 4.10. The lowest BCUT2D eigenvalue weighted by molar-refractivity contribution is -0.136. The highest BCUT2D eigenvalue weighted by Crippen LogP contribution is 2.31. The molecule has 0 saturated heterocycles. The molecule has 28 heavy (non-hydrogen) atoms. The van der Waals surface area contributed by atoms with Crippen molar-refractivity contribution >= 4 is 23.5 Å². The maximum Gasteiger partial charge on any atom is 0.305 e. The van der Waals surface area contributed by atoms with Crippen molar-refractivity contribution in [2.45, 2.75) is 32.8 Å². The van der Waals surface area contributed by atoms with Gasteiger partial charge in [0.05, 0.1) is 6.42 Å². The van der Waals surface area contributed by atoms with Crippen molar-refractivity contribution in [1.29, 1.82) is 0 Å². The number of aliphatic carboxylic acids is 1. The third-order valence-electron chi connectivity index (χ3n) is 4.68. The molecule has 0 bridgehead atoms. The van der Waals surface area contributed by atoms with Crippen molar-refractivity contribution in [1.82, 2.24) is 5.32 Å². The third kappa shape index (κ3) is 4.49. The van der Waals surface area contributed by atoms with Crippen LogP contribution < -0.4 is 15.4 Å². The van der Waals surface area contributed by atoms with Gasteiger partial charge in [0.1, 0.15) is 5.75 Å². The molecule has 7 heteroatoms. The molecule has 0 aromatic heterocycles. The summed E-state index contributed by atoms with van der Waals surface area (Å²) in [4.78, 5) is 34.9. The molecule has 2 aromatic rings. The van der Waals surface area contributed by atoms with Crippen LogP contribution in [0.2, 0.25) is 0 Å². The summed E-state index contributed by atoms with van der Waals surface area (Å²) in [7, 11) is 0. The van der Waals surface area contributed by atoms with Crippen LogP contribution in [0.1, 0.15) is 33.5 Å². The number of fused-ring (bicyclic) bond motifs is 1.